The van der Waals surface area contributed by atoms with Gasteiger partial charge in [-0.05, 0) is 6.92 Å². The number of hydrogen-bond donors (Lipinski definition) is 0. The van der Waals surface area contributed by atoms with E-state index in [1.54, 1.807) is 0 Å². The van der Waals surface area contributed by atoms with Gasteiger partial charge in [-0.3, -0.25) is 0 Å². The van der Waals surface area contributed by atoms with Crippen molar-refractivity contribution in [1.29, 1.82) is 0 Å². The molecular weight excluding hydrogens is 57.0 g/mol. The van der Waals surface area contributed by atoms with Gasteiger partial charge in [0.1, 0.15) is 0 Å². The zero-order chi connectivity index (χ0) is 3.58. The van der Waals surface area contributed by atoms with Crippen LogP contribution in [0.2, 0.25) is 0 Å². The highest BCUT2D eigenvalue weighted by Crippen LogP contribution is 1.69. The van der Waals surface area contributed by atoms with Crippen molar-refractivity contribution in [1.82, 2.24) is 5.73 Å². The van der Waals surface area contributed by atoms with E-state index in [2.05, 4.69) is 0 Å². The fraction of sp³-hybridized carbons (Fsp3) is 1.00. The van der Waals surface area contributed by atoms with Crippen LogP contribution in [0.4, 0.5) is 4.39 Å². The van der Waals surface area contributed by atoms with Crippen molar-refractivity contribution in [3.05, 3.63) is 0 Å². The molecule has 0 rings (SSSR count). The standard InChI is InChI=1S/C2H5FN/c1-2(3)4/h2,4H,1H3. The van der Waals surface area contributed by atoms with Crippen molar-refractivity contribution in [2.75, 3.05) is 0 Å². The molecular formula is C2H5FN. The van der Waals surface area contributed by atoms with Crippen LogP contribution in [-0.4, -0.2) is 6.30 Å². The summed E-state index contributed by atoms with van der Waals surface area (Å²) in [5.74, 6) is 0. The first kappa shape index (κ1) is 3.89. The molecule has 4 heavy (non-hydrogen) atoms. The maximum atomic E-state index is 10.7. The summed E-state index contributed by atoms with van der Waals surface area (Å²) in [6.45, 7) is 1.17. The van der Waals surface area contributed by atoms with Gasteiger partial charge in [0.25, 0.3) is 0 Å². The van der Waals surface area contributed by atoms with E-state index in [0.717, 1.165) is 0 Å². The Balaban J connectivity index is 2.32. The second-order valence-corrected chi connectivity index (χ2v) is 0.616. The SMILES string of the molecule is CC([NH])F. The second-order valence-electron chi connectivity index (χ2n) is 0.616. The molecule has 0 aromatic rings. The lowest BCUT2D eigenvalue weighted by Crippen LogP contribution is -1.86. The average Bonchev–Trinajstić information content (AvgIpc) is 0.811. The minimum absolute atomic E-state index is 1.17. The summed E-state index contributed by atoms with van der Waals surface area (Å²) < 4.78 is 10.7. The number of alkyl halides is 1. The summed E-state index contributed by atoms with van der Waals surface area (Å²) in [5.41, 5.74) is 5.92. The molecule has 2 heteroatoms. The Bertz CT molecular complexity index is 10.8. The molecule has 1 N–H and O–H groups in total. The number of nitrogens with one attached hydrogen (secondary N) is 1. The van der Waals surface area contributed by atoms with Gasteiger partial charge in [-0.2, -0.15) is 0 Å². The summed E-state index contributed by atoms with van der Waals surface area (Å²) in [6.07, 6.45) is -1.42. The van der Waals surface area contributed by atoms with Crippen molar-refractivity contribution < 1.29 is 4.39 Å². The Morgan fingerprint density at radius 2 is 2.00 bits per heavy atom. The van der Waals surface area contributed by atoms with Crippen LogP contribution in [-0.2, 0) is 0 Å². The summed E-state index contributed by atoms with van der Waals surface area (Å²) >= 11 is 0. The number of hydrogen-bond acceptors (Lipinski definition) is 0. The first-order valence-corrected chi connectivity index (χ1v) is 1.08. The van der Waals surface area contributed by atoms with Gasteiger partial charge in [0.15, 0.2) is 6.30 Å². The molecule has 0 bridgehead atoms. The molecule has 0 aromatic carbocycles. The van der Waals surface area contributed by atoms with Crippen molar-refractivity contribution in [3.63, 3.8) is 0 Å². The van der Waals surface area contributed by atoms with Crippen LogP contribution >= 0.6 is 0 Å². The Hall–Kier alpha value is -0.110. The fourth-order valence-corrected chi connectivity index (χ4v) is 0. The van der Waals surface area contributed by atoms with Gasteiger partial charge in [-0.15, -0.1) is 0 Å². The van der Waals surface area contributed by atoms with E-state index >= 15 is 0 Å². The molecule has 0 aliphatic heterocycles. The van der Waals surface area contributed by atoms with Gasteiger partial charge in [0.2, 0.25) is 0 Å². The topological polar surface area (TPSA) is 23.8 Å². The second kappa shape index (κ2) is 1.24. The molecule has 0 fully saturated rings. The summed E-state index contributed by atoms with van der Waals surface area (Å²) in [6, 6.07) is 0. The van der Waals surface area contributed by atoms with E-state index < -0.39 is 6.30 Å². The Kier molecular flexibility index (Phi) is 1.20. The first-order chi connectivity index (χ1) is 1.73. The van der Waals surface area contributed by atoms with Crippen LogP contribution in [0.1, 0.15) is 6.92 Å². The smallest absolute Gasteiger partial charge is 0.160 e. The number of rotatable bonds is 0. The third-order valence-corrected chi connectivity index (χ3v) is 0. The summed E-state index contributed by atoms with van der Waals surface area (Å²) in [7, 11) is 0. The maximum absolute atomic E-state index is 10.7. The molecule has 1 nitrogen and oxygen atoms in total. The molecule has 0 aliphatic carbocycles. The van der Waals surface area contributed by atoms with Gasteiger partial charge < -0.3 is 0 Å². The van der Waals surface area contributed by atoms with E-state index in [-0.39, 0.29) is 0 Å². The molecule has 1 unspecified atom stereocenters. The predicted octanol–water partition coefficient (Wildman–Crippen LogP) is 0.585. The summed E-state index contributed by atoms with van der Waals surface area (Å²) in [5, 5.41) is 0. The molecule has 0 aliphatic rings. The Labute approximate surface area is 24.6 Å². The lowest BCUT2D eigenvalue weighted by molar-refractivity contribution is 0.362. The van der Waals surface area contributed by atoms with E-state index in [4.69, 9.17) is 5.73 Å². The predicted molar refractivity (Wildman–Crippen MR) is 13.7 cm³/mol. The molecule has 0 saturated heterocycles. The molecule has 25 valence electrons. The van der Waals surface area contributed by atoms with E-state index in [1.165, 1.54) is 6.92 Å². The lowest BCUT2D eigenvalue weighted by atomic mass is 10.8. The van der Waals surface area contributed by atoms with Crippen LogP contribution in [0.3, 0.4) is 0 Å². The van der Waals surface area contributed by atoms with Crippen LogP contribution in [0.25, 0.3) is 0 Å². The highest BCUT2D eigenvalue weighted by atomic mass is 19.1. The zero-order valence-electron chi connectivity index (χ0n) is 2.46. The van der Waals surface area contributed by atoms with Gasteiger partial charge >= 0.3 is 0 Å². The monoisotopic (exact) mass is 62.0 g/mol. The van der Waals surface area contributed by atoms with Crippen LogP contribution in [0.15, 0.2) is 0 Å². The van der Waals surface area contributed by atoms with Crippen molar-refractivity contribution >= 4 is 0 Å². The molecule has 1 radical (unpaired) electrons. The normalized spacial score (nSPS) is 15.8. The van der Waals surface area contributed by atoms with Gasteiger partial charge in [-0.1, -0.05) is 0 Å². The van der Waals surface area contributed by atoms with Crippen molar-refractivity contribution in [3.8, 4) is 0 Å². The highest BCUT2D eigenvalue weighted by Gasteiger charge is 1.74. The van der Waals surface area contributed by atoms with Crippen molar-refractivity contribution in [2.45, 2.75) is 13.2 Å². The van der Waals surface area contributed by atoms with Crippen molar-refractivity contribution in [2.24, 2.45) is 0 Å². The molecule has 0 amide bonds. The summed E-state index contributed by atoms with van der Waals surface area (Å²) in [4.78, 5) is 0. The molecule has 0 heterocycles. The third kappa shape index (κ3) is 124. The number of halogens is 1. The van der Waals surface area contributed by atoms with Gasteiger partial charge in [0.05, 0.1) is 0 Å². The molecule has 0 aromatic heterocycles. The van der Waals surface area contributed by atoms with Crippen LogP contribution in [0.5, 0.6) is 0 Å². The maximum Gasteiger partial charge on any atom is 0.160 e. The molecule has 0 spiro atoms. The minimum atomic E-state index is -1.42. The third-order valence-electron chi connectivity index (χ3n) is 0. The van der Waals surface area contributed by atoms with E-state index in [1.807, 2.05) is 0 Å². The first-order valence-electron chi connectivity index (χ1n) is 1.08. The highest BCUT2D eigenvalue weighted by molar-refractivity contribution is 4.16. The van der Waals surface area contributed by atoms with Crippen LogP contribution in [0, 0.1) is 0 Å². The van der Waals surface area contributed by atoms with Gasteiger partial charge in [0, 0.05) is 0 Å². The van der Waals surface area contributed by atoms with E-state index in [0.29, 0.717) is 0 Å². The Morgan fingerprint density at radius 3 is 2.00 bits per heavy atom. The van der Waals surface area contributed by atoms with Crippen LogP contribution < -0.4 is 5.73 Å². The Morgan fingerprint density at radius 1 is 2.00 bits per heavy atom. The minimum Gasteiger partial charge on any atom is -0.229 e. The molecule has 0 saturated carbocycles. The van der Waals surface area contributed by atoms with Gasteiger partial charge in [-0.25, -0.2) is 10.1 Å². The lowest BCUT2D eigenvalue weighted by Gasteiger charge is -1.74. The largest absolute Gasteiger partial charge is 0.229 e. The fourth-order valence-electron chi connectivity index (χ4n) is 0. The zero-order valence-corrected chi connectivity index (χ0v) is 2.46. The quantitative estimate of drug-likeness (QED) is 0.367. The molecule has 1 atom stereocenters. The average molecular weight is 62.1 g/mol. The van der Waals surface area contributed by atoms with E-state index in [9.17, 15) is 4.39 Å².